The molecule has 0 aliphatic carbocycles. The van der Waals surface area contributed by atoms with Crippen LogP contribution < -0.4 is 10.6 Å². The molecule has 1 saturated heterocycles. The molecule has 9 atom stereocenters. The molecule has 7 amide bonds. The summed E-state index contributed by atoms with van der Waals surface area (Å²) in [6.45, 7) is 19.2. The standard InChI is InChI=1S/C38H69N7O8/c1-17-23(8)29-38(53)43(14)26(11)35(50)44(15)28(19-21(4)5)37(52)45(16)27(18-20(2)3)36(51)42(13)25(10)34(49)41(12)24(9)32(47)40-30(33(48)39-29)31(46)22(6)7/h20-31,46H,17-19H2,1-16H3,(H,39,48)(H,40,47)/t23-,24+,25-,26-,27-,28-,29+,30+,31+/m0/s1. The van der Waals surface area contributed by atoms with Crippen molar-refractivity contribution in [2.45, 2.75) is 144 Å². The molecular weight excluding hydrogens is 682 g/mol. The molecule has 0 aromatic rings. The second kappa shape index (κ2) is 20.1. The highest BCUT2D eigenvalue weighted by atomic mass is 16.3. The number of hydrogen-bond acceptors (Lipinski definition) is 8. The van der Waals surface area contributed by atoms with Gasteiger partial charge in [-0.3, -0.25) is 33.6 Å². The number of likely N-dealkylation sites (N-methyl/N-ethyl adjacent to an activating group) is 5. The molecule has 0 aromatic carbocycles. The average Bonchev–Trinajstić information content (AvgIpc) is 3.11. The molecule has 15 nitrogen and oxygen atoms in total. The van der Waals surface area contributed by atoms with Gasteiger partial charge in [0.25, 0.3) is 0 Å². The molecule has 1 aliphatic heterocycles. The number of carbonyl (C=O) groups is 7. The number of amides is 7. The molecule has 3 N–H and O–H groups in total. The van der Waals surface area contributed by atoms with Crippen molar-refractivity contribution in [1.82, 2.24) is 35.1 Å². The van der Waals surface area contributed by atoms with E-state index < -0.39 is 102 Å². The first kappa shape index (κ1) is 47.3. The summed E-state index contributed by atoms with van der Waals surface area (Å²) in [5, 5.41) is 16.5. The van der Waals surface area contributed by atoms with E-state index in [2.05, 4.69) is 10.6 Å². The van der Waals surface area contributed by atoms with Gasteiger partial charge in [0.15, 0.2) is 0 Å². The van der Waals surface area contributed by atoms with E-state index >= 15 is 0 Å². The third-order valence-electron chi connectivity index (χ3n) is 10.9. The molecule has 1 heterocycles. The van der Waals surface area contributed by atoms with Gasteiger partial charge in [0.05, 0.1) is 6.10 Å². The van der Waals surface area contributed by atoms with Crippen molar-refractivity contribution < 1.29 is 38.7 Å². The van der Waals surface area contributed by atoms with E-state index in [-0.39, 0.29) is 24.7 Å². The maximum Gasteiger partial charge on any atom is 0.245 e. The predicted octanol–water partition coefficient (Wildman–Crippen LogP) is 1.32. The first-order valence-electron chi connectivity index (χ1n) is 19.0. The van der Waals surface area contributed by atoms with Gasteiger partial charge < -0.3 is 40.2 Å². The van der Waals surface area contributed by atoms with E-state index in [1.807, 2.05) is 34.6 Å². The summed E-state index contributed by atoms with van der Waals surface area (Å²) in [6.07, 6.45) is -0.335. The van der Waals surface area contributed by atoms with Crippen molar-refractivity contribution in [3.8, 4) is 0 Å². The van der Waals surface area contributed by atoms with E-state index in [0.717, 1.165) is 4.90 Å². The second-order valence-electron chi connectivity index (χ2n) is 16.2. The van der Waals surface area contributed by atoms with E-state index in [4.69, 9.17) is 0 Å². The molecule has 0 radical (unpaired) electrons. The van der Waals surface area contributed by atoms with Gasteiger partial charge in [-0.25, -0.2) is 0 Å². The van der Waals surface area contributed by atoms with Crippen LogP contribution in [0.4, 0.5) is 0 Å². The minimum Gasteiger partial charge on any atom is -0.390 e. The lowest BCUT2D eigenvalue weighted by atomic mass is 9.94. The summed E-state index contributed by atoms with van der Waals surface area (Å²) in [5.41, 5.74) is 0. The van der Waals surface area contributed by atoms with Gasteiger partial charge in [0, 0.05) is 35.2 Å². The monoisotopic (exact) mass is 752 g/mol. The Labute approximate surface area is 317 Å². The first-order chi connectivity index (χ1) is 24.3. The molecule has 0 unspecified atom stereocenters. The topological polar surface area (TPSA) is 180 Å². The van der Waals surface area contributed by atoms with E-state index in [1.165, 1.54) is 68.7 Å². The van der Waals surface area contributed by atoms with Gasteiger partial charge in [0.2, 0.25) is 41.4 Å². The van der Waals surface area contributed by atoms with Crippen LogP contribution in [0.2, 0.25) is 0 Å². The molecule has 1 aliphatic rings. The fraction of sp³-hybridized carbons (Fsp3) is 0.816. The smallest absolute Gasteiger partial charge is 0.245 e. The Hall–Kier alpha value is -3.75. The molecule has 1 fully saturated rings. The minimum atomic E-state index is -1.49. The summed E-state index contributed by atoms with van der Waals surface area (Å²) in [6, 6.07) is -7.83. The number of aliphatic hydroxyl groups is 1. The summed E-state index contributed by atoms with van der Waals surface area (Å²) in [5.74, 6) is -5.10. The largest absolute Gasteiger partial charge is 0.390 e. The van der Waals surface area contributed by atoms with Crippen molar-refractivity contribution in [2.75, 3.05) is 35.2 Å². The van der Waals surface area contributed by atoms with Crippen LogP contribution in [0, 0.1) is 23.7 Å². The van der Waals surface area contributed by atoms with Gasteiger partial charge in [0.1, 0.15) is 42.3 Å². The van der Waals surface area contributed by atoms with Gasteiger partial charge in [-0.05, 0) is 57.3 Å². The second-order valence-corrected chi connectivity index (χ2v) is 16.2. The number of nitrogens with one attached hydrogen (secondary N) is 2. The Morgan fingerprint density at radius 2 is 0.887 bits per heavy atom. The normalized spacial score (nSPS) is 28.5. The van der Waals surface area contributed by atoms with Crippen molar-refractivity contribution in [3.63, 3.8) is 0 Å². The molecule has 304 valence electrons. The van der Waals surface area contributed by atoms with Crippen molar-refractivity contribution in [2.24, 2.45) is 23.7 Å². The van der Waals surface area contributed by atoms with Crippen molar-refractivity contribution in [1.29, 1.82) is 0 Å². The summed E-state index contributed by atoms with van der Waals surface area (Å²) >= 11 is 0. The van der Waals surface area contributed by atoms with E-state index in [0.29, 0.717) is 6.42 Å². The molecule has 15 heteroatoms. The van der Waals surface area contributed by atoms with E-state index in [1.54, 1.807) is 27.7 Å². The Morgan fingerprint density at radius 1 is 0.528 bits per heavy atom. The van der Waals surface area contributed by atoms with Crippen LogP contribution in [-0.2, 0) is 33.6 Å². The molecule has 0 bridgehead atoms. The molecule has 0 saturated carbocycles. The number of carbonyl (C=O) groups excluding carboxylic acids is 7. The summed E-state index contributed by atoms with van der Waals surface area (Å²) in [7, 11) is 7.35. The summed E-state index contributed by atoms with van der Waals surface area (Å²) < 4.78 is 0. The maximum atomic E-state index is 14.4. The number of hydrogen-bond donors (Lipinski definition) is 3. The Balaban J connectivity index is 4.00. The number of rotatable bonds is 8. The zero-order chi connectivity index (χ0) is 41.4. The third kappa shape index (κ3) is 11.6. The maximum absolute atomic E-state index is 14.4. The quantitative estimate of drug-likeness (QED) is 0.332. The molecular formula is C38H69N7O8. The molecule has 1 rings (SSSR count). The summed E-state index contributed by atoms with van der Waals surface area (Å²) in [4.78, 5) is 104. The van der Waals surface area contributed by atoms with Gasteiger partial charge in [-0.1, -0.05) is 61.8 Å². The lowest BCUT2D eigenvalue weighted by molar-refractivity contribution is -0.155. The zero-order valence-corrected chi connectivity index (χ0v) is 35.1. The lowest BCUT2D eigenvalue weighted by Crippen LogP contribution is -2.63. The molecule has 53 heavy (non-hydrogen) atoms. The molecule has 0 aromatic heterocycles. The van der Waals surface area contributed by atoms with Gasteiger partial charge >= 0.3 is 0 Å². The van der Waals surface area contributed by atoms with E-state index in [9.17, 15) is 38.7 Å². The van der Waals surface area contributed by atoms with Crippen LogP contribution in [0.25, 0.3) is 0 Å². The predicted molar refractivity (Wildman–Crippen MR) is 203 cm³/mol. The van der Waals surface area contributed by atoms with Crippen LogP contribution in [0.15, 0.2) is 0 Å². The highest BCUT2D eigenvalue weighted by molar-refractivity contribution is 5.98. The minimum absolute atomic E-state index is 0.0222. The van der Waals surface area contributed by atoms with Crippen LogP contribution >= 0.6 is 0 Å². The van der Waals surface area contributed by atoms with Gasteiger partial charge in [-0.15, -0.1) is 0 Å². The zero-order valence-electron chi connectivity index (χ0n) is 35.1. The number of nitrogens with zero attached hydrogens (tertiary/aromatic N) is 5. The highest BCUT2D eigenvalue weighted by Gasteiger charge is 2.42. The fourth-order valence-electron chi connectivity index (χ4n) is 6.30. The fourth-order valence-corrected chi connectivity index (χ4v) is 6.30. The third-order valence-corrected chi connectivity index (χ3v) is 10.9. The average molecular weight is 752 g/mol. The SMILES string of the molecule is CC[C@H](C)[C@H]1NC(=O)[C@@H]([C@H](O)C(C)C)NC(=O)[C@@H](C)N(C)C(=O)[C@H](C)N(C)C(=O)[C@H](CC(C)C)N(C)C(=O)[C@H](CC(C)C)N(C)C(=O)[C@H](C)N(C)C1=O. The Bertz CT molecular complexity index is 1320. The highest BCUT2D eigenvalue weighted by Crippen LogP contribution is 2.22. The Morgan fingerprint density at radius 3 is 1.30 bits per heavy atom. The molecule has 0 spiro atoms. The van der Waals surface area contributed by atoms with Crippen LogP contribution in [-0.4, -0.2) is 155 Å². The van der Waals surface area contributed by atoms with Crippen LogP contribution in [0.1, 0.15) is 95.4 Å². The van der Waals surface area contributed by atoms with Crippen LogP contribution in [0.5, 0.6) is 0 Å². The Kier molecular flexibility index (Phi) is 17.9. The van der Waals surface area contributed by atoms with Crippen molar-refractivity contribution in [3.05, 3.63) is 0 Å². The lowest BCUT2D eigenvalue weighted by Gasteiger charge is -2.39. The van der Waals surface area contributed by atoms with Crippen LogP contribution in [0.3, 0.4) is 0 Å². The van der Waals surface area contributed by atoms with Gasteiger partial charge in [-0.2, -0.15) is 0 Å². The number of aliphatic hydroxyl groups excluding tert-OH is 1. The first-order valence-corrected chi connectivity index (χ1v) is 19.0. The van der Waals surface area contributed by atoms with Crippen molar-refractivity contribution >= 4 is 41.4 Å².